The van der Waals surface area contributed by atoms with Crippen LogP contribution in [0.3, 0.4) is 0 Å². The molecule has 2 amide bonds. The normalized spacial score (nSPS) is 14.8. The Hall–Kier alpha value is -4.86. The number of fused-ring (bicyclic) bond motifs is 3. The van der Waals surface area contributed by atoms with E-state index in [9.17, 15) is 22.4 Å². The molecule has 3 heterocycles. The van der Waals surface area contributed by atoms with Crippen molar-refractivity contribution in [2.45, 2.75) is 25.7 Å². The number of hydrogen-bond acceptors (Lipinski definition) is 2. The zero-order valence-corrected chi connectivity index (χ0v) is 21.2. The fourth-order valence-corrected chi connectivity index (χ4v) is 5.17. The minimum Gasteiger partial charge on any atom is -0.307 e. The first-order valence-corrected chi connectivity index (χ1v) is 12.5. The van der Waals surface area contributed by atoms with E-state index >= 15 is 0 Å². The third-order valence-corrected chi connectivity index (χ3v) is 7.01. The van der Waals surface area contributed by atoms with Gasteiger partial charge in [-0.2, -0.15) is 18.3 Å². The second-order valence-corrected chi connectivity index (χ2v) is 9.49. The van der Waals surface area contributed by atoms with E-state index in [2.05, 4.69) is 5.32 Å². The topological polar surface area (TPSA) is 55.1 Å². The lowest BCUT2D eigenvalue weighted by molar-refractivity contribution is -0.136. The van der Waals surface area contributed by atoms with Gasteiger partial charge in [0.05, 0.1) is 40.9 Å². The van der Waals surface area contributed by atoms with Gasteiger partial charge >= 0.3 is 12.2 Å². The molecule has 1 aliphatic rings. The number of nitrogens with one attached hydrogen (secondary N) is 1. The summed E-state index contributed by atoms with van der Waals surface area (Å²) in [6.07, 6.45) is -2.81. The molecule has 1 atom stereocenters. The van der Waals surface area contributed by atoms with Crippen LogP contribution in [-0.2, 0) is 12.7 Å². The summed E-state index contributed by atoms with van der Waals surface area (Å²) in [5.74, 6) is 0.267. The third-order valence-electron chi connectivity index (χ3n) is 7.01. The number of aromatic nitrogens is 3. The van der Waals surface area contributed by atoms with Crippen LogP contribution in [0.2, 0.25) is 0 Å². The van der Waals surface area contributed by atoms with E-state index in [1.165, 1.54) is 35.2 Å². The van der Waals surface area contributed by atoms with E-state index in [-0.39, 0.29) is 12.2 Å². The number of nitrogens with zero attached hydrogens (tertiary/aromatic N) is 4. The molecule has 0 fully saturated rings. The maximum absolute atomic E-state index is 13.9. The molecule has 0 bridgehead atoms. The van der Waals surface area contributed by atoms with Crippen molar-refractivity contribution in [3.63, 3.8) is 0 Å². The molecule has 0 saturated heterocycles. The summed E-state index contributed by atoms with van der Waals surface area (Å²) in [5.41, 5.74) is 2.16. The van der Waals surface area contributed by atoms with E-state index in [1.54, 1.807) is 16.8 Å². The van der Waals surface area contributed by atoms with Gasteiger partial charge in [0.25, 0.3) is 0 Å². The minimum atomic E-state index is -4.66. The van der Waals surface area contributed by atoms with Crippen molar-refractivity contribution in [1.29, 1.82) is 0 Å². The maximum Gasteiger partial charge on any atom is 0.418 e. The first-order valence-electron chi connectivity index (χ1n) is 12.5. The van der Waals surface area contributed by atoms with Crippen molar-refractivity contribution in [2.75, 3.05) is 5.32 Å². The lowest BCUT2D eigenvalue weighted by Crippen LogP contribution is -2.38. The molecule has 5 aromatic rings. The predicted octanol–water partition coefficient (Wildman–Crippen LogP) is 7.27. The Morgan fingerprint density at radius 1 is 0.925 bits per heavy atom. The van der Waals surface area contributed by atoms with Crippen LogP contribution in [-0.4, -0.2) is 25.3 Å². The zero-order chi connectivity index (χ0) is 28.0. The Morgan fingerprint density at radius 3 is 2.35 bits per heavy atom. The van der Waals surface area contributed by atoms with E-state index in [1.807, 2.05) is 60.2 Å². The molecule has 0 saturated carbocycles. The summed E-state index contributed by atoms with van der Waals surface area (Å²) in [6.45, 7) is 1.87. The summed E-state index contributed by atoms with van der Waals surface area (Å²) in [6, 6.07) is 22.3. The number of benzene rings is 3. The van der Waals surface area contributed by atoms with Gasteiger partial charge in [-0.25, -0.2) is 13.9 Å². The lowest BCUT2D eigenvalue weighted by Gasteiger charge is -2.31. The van der Waals surface area contributed by atoms with Crippen molar-refractivity contribution >= 4 is 11.7 Å². The molecule has 2 aromatic heterocycles. The van der Waals surface area contributed by atoms with Crippen molar-refractivity contribution in [2.24, 2.45) is 0 Å². The molecule has 0 aliphatic carbocycles. The van der Waals surface area contributed by atoms with E-state index < -0.39 is 29.6 Å². The molecular formula is C30H23F4N5O. The van der Waals surface area contributed by atoms with Gasteiger partial charge in [-0.15, -0.1) is 0 Å². The molecule has 0 unspecified atom stereocenters. The van der Waals surface area contributed by atoms with Gasteiger partial charge in [0.15, 0.2) is 0 Å². The molecule has 3 aromatic carbocycles. The van der Waals surface area contributed by atoms with E-state index in [4.69, 9.17) is 5.10 Å². The molecule has 0 radical (unpaired) electrons. The van der Waals surface area contributed by atoms with Gasteiger partial charge in [0, 0.05) is 11.8 Å². The number of hydrogen-bond donors (Lipinski definition) is 1. The van der Waals surface area contributed by atoms with Gasteiger partial charge < -0.3 is 14.8 Å². The lowest BCUT2D eigenvalue weighted by atomic mass is 10.0. The standard InChI is InChI=1S/C30H23F4N5O/c1-19-23-18-38(29(40)35-25-11-6-5-10-24(25)30(32,33)34)27(20-13-15-21(31)16-14-20)26-12-7-17-37(26)28(23)39(36-19)22-8-3-2-4-9-22/h2-17,27H,18H2,1H3,(H,35,40)/t27-/m1/s1. The summed E-state index contributed by atoms with van der Waals surface area (Å²) < 4.78 is 58.8. The highest BCUT2D eigenvalue weighted by molar-refractivity contribution is 5.91. The van der Waals surface area contributed by atoms with E-state index in [0.29, 0.717) is 22.8 Å². The average molecular weight is 546 g/mol. The van der Waals surface area contributed by atoms with Gasteiger partial charge in [-0.3, -0.25) is 0 Å². The molecule has 6 rings (SSSR count). The smallest absolute Gasteiger partial charge is 0.307 e. The Kier molecular flexibility index (Phi) is 6.17. The number of para-hydroxylation sites is 2. The highest BCUT2D eigenvalue weighted by atomic mass is 19.4. The van der Waals surface area contributed by atoms with Crippen LogP contribution in [0.5, 0.6) is 0 Å². The van der Waals surface area contributed by atoms with Crippen LogP contribution in [0.1, 0.15) is 34.1 Å². The number of anilines is 1. The first-order chi connectivity index (χ1) is 19.2. The number of urea groups is 1. The monoisotopic (exact) mass is 545 g/mol. The largest absolute Gasteiger partial charge is 0.418 e. The summed E-state index contributed by atoms with van der Waals surface area (Å²) in [7, 11) is 0. The SMILES string of the molecule is Cc1nn(-c2ccccc2)c2c1CN(C(=O)Nc1ccccc1C(F)(F)F)[C@H](c1ccc(F)cc1)c1cccn1-2. The number of aryl methyl sites for hydroxylation is 1. The van der Waals surface area contributed by atoms with Crippen molar-refractivity contribution in [3.8, 4) is 11.5 Å². The summed E-state index contributed by atoms with van der Waals surface area (Å²) in [5, 5.41) is 7.25. The molecule has 0 spiro atoms. The minimum absolute atomic E-state index is 0.0394. The number of rotatable bonds is 3. The molecule has 1 N–H and O–H groups in total. The van der Waals surface area contributed by atoms with Crippen LogP contribution in [0, 0.1) is 12.7 Å². The Morgan fingerprint density at radius 2 is 1.62 bits per heavy atom. The Labute approximate surface area is 227 Å². The Bertz CT molecular complexity index is 1690. The fourth-order valence-electron chi connectivity index (χ4n) is 5.17. The average Bonchev–Trinajstić information content (AvgIpc) is 3.50. The van der Waals surface area contributed by atoms with Crippen LogP contribution < -0.4 is 5.32 Å². The molecule has 10 heteroatoms. The summed E-state index contributed by atoms with van der Waals surface area (Å²) >= 11 is 0. The van der Waals surface area contributed by atoms with Crippen LogP contribution in [0.15, 0.2) is 97.2 Å². The van der Waals surface area contributed by atoms with Gasteiger partial charge in [-0.1, -0.05) is 42.5 Å². The Balaban J connectivity index is 1.52. The van der Waals surface area contributed by atoms with Crippen LogP contribution in [0.4, 0.5) is 28.0 Å². The van der Waals surface area contributed by atoms with Crippen molar-refractivity contribution < 1.29 is 22.4 Å². The van der Waals surface area contributed by atoms with E-state index in [0.717, 1.165) is 17.3 Å². The number of carbonyl (C=O) groups excluding carboxylic acids is 1. The van der Waals surface area contributed by atoms with Crippen molar-refractivity contribution in [3.05, 3.63) is 131 Å². The van der Waals surface area contributed by atoms with Crippen LogP contribution in [0.25, 0.3) is 11.5 Å². The highest BCUT2D eigenvalue weighted by Gasteiger charge is 2.38. The third kappa shape index (κ3) is 4.41. The number of halogens is 4. The number of alkyl halides is 3. The highest BCUT2D eigenvalue weighted by Crippen LogP contribution is 2.40. The molecular weight excluding hydrogens is 522 g/mol. The molecule has 202 valence electrons. The molecule has 6 nitrogen and oxygen atoms in total. The quantitative estimate of drug-likeness (QED) is 0.243. The number of amides is 2. The van der Waals surface area contributed by atoms with Gasteiger partial charge in [0.2, 0.25) is 0 Å². The predicted molar refractivity (Wildman–Crippen MR) is 142 cm³/mol. The van der Waals surface area contributed by atoms with Crippen LogP contribution >= 0.6 is 0 Å². The molecule has 40 heavy (non-hydrogen) atoms. The van der Waals surface area contributed by atoms with Gasteiger partial charge in [-0.05, 0) is 61.0 Å². The number of carbonyl (C=O) groups is 1. The first kappa shape index (κ1) is 25.4. The summed E-state index contributed by atoms with van der Waals surface area (Å²) in [4.78, 5) is 15.4. The van der Waals surface area contributed by atoms with Crippen molar-refractivity contribution in [1.82, 2.24) is 19.2 Å². The fraction of sp³-hybridized carbons (Fsp3) is 0.133. The second kappa shape index (κ2) is 9.71. The zero-order valence-electron chi connectivity index (χ0n) is 21.2. The second-order valence-electron chi connectivity index (χ2n) is 9.49. The maximum atomic E-state index is 13.9. The van der Waals surface area contributed by atoms with Gasteiger partial charge in [0.1, 0.15) is 11.6 Å². The molecule has 1 aliphatic heterocycles.